The number of thioether (sulfide) groups is 1. The first-order valence-corrected chi connectivity index (χ1v) is 9.29. The number of aryl methyl sites for hydroxylation is 1. The minimum Gasteiger partial charge on any atom is -0.378 e. The molecule has 1 saturated heterocycles. The number of halogens is 1. The minimum atomic E-state index is -0.0796. The zero-order valence-corrected chi connectivity index (χ0v) is 15.4. The van der Waals surface area contributed by atoms with Crippen LogP contribution in [0.15, 0.2) is 18.2 Å². The normalized spacial score (nSPS) is 14.7. The summed E-state index contributed by atoms with van der Waals surface area (Å²) in [5.41, 5.74) is 1.86. The van der Waals surface area contributed by atoms with Crippen molar-refractivity contribution in [3.8, 4) is 0 Å². The molecule has 1 aromatic carbocycles. The highest BCUT2D eigenvalue weighted by molar-refractivity contribution is 14.1. The highest BCUT2D eigenvalue weighted by atomic mass is 127. The van der Waals surface area contributed by atoms with Crippen LogP contribution in [-0.4, -0.2) is 54.5 Å². The summed E-state index contributed by atoms with van der Waals surface area (Å²) in [7, 11) is 0. The Labute approximate surface area is 148 Å². The molecule has 5 nitrogen and oxygen atoms in total. The van der Waals surface area contributed by atoms with Gasteiger partial charge in [-0.1, -0.05) is 0 Å². The Hall–Kier alpha value is -0.800. The van der Waals surface area contributed by atoms with E-state index in [1.807, 2.05) is 25.1 Å². The number of carbonyl (C=O) groups excluding carboxylic acids is 2. The predicted molar refractivity (Wildman–Crippen MR) is 97.2 cm³/mol. The summed E-state index contributed by atoms with van der Waals surface area (Å²) in [6.45, 7) is 4.46. The Bertz CT molecular complexity index is 548. The molecule has 0 aromatic heterocycles. The predicted octanol–water partition coefficient (Wildman–Crippen LogP) is 2.13. The number of anilines is 1. The van der Waals surface area contributed by atoms with Gasteiger partial charge in [0, 0.05) is 22.3 Å². The van der Waals surface area contributed by atoms with Crippen molar-refractivity contribution in [3.63, 3.8) is 0 Å². The summed E-state index contributed by atoms with van der Waals surface area (Å²) in [6.07, 6.45) is 0. The molecule has 1 fully saturated rings. The molecule has 0 saturated carbocycles. The van der Waals surface area contributed by atoms with Gasteiger partial charge in [0.2, 0.25) is 11.8 Å². The Kier molecular flexibility index (Phi) is 6.97. The maximum Gasteiger partial charge on any atom is 0.234 e. The number of nitrogens with zero attached hydrogens (tertiary/aromatic N) is 1. The lowest BCUT2D eigenvalue weighted by atomic mass is 10.2. The van der Waals surface area contributed by atoms with E-state index in [0.717, 1.165) is 14.8 Å². The fourth-order valence-electron chi connectivity index (χ4n) is 2.09. The van der Waals surface area contributed by atoms with Gasteiger partial charge >= 0.3 is 0 Å². The van der Waals surface area contributed by atoms with Gasteiger partial charge in [0.25, 0.3) is 0 Å². The molecule has 1 aliphatic heterocycles. The second-order valence-corrected chi connectivity index (χ2v) is 7.22. The van der Waals surface area contributed by atoms with E-state index in [9.17, 15) is 9.59 Å². The van der Waals surface area contributed by atoms with E-state index in [0.29, 0.717) is 32.1 Å². The molecule has 1 aromatic rings. The standard InChI is InChI=1S/C15H19IN2O3S/c1-11-8-12(16)2-3-13(11)17-14(19)9-22-10-15(20)18-4-6-21-7-5-18/h2-3,8H,4-7,9-10H2,1H3,(H,17,19). The molecule has 2 rings (SSSR count). The molecule has 0 spiro atoms. The lowest BCUT2D eigenvalue weighted by Crippen LogP contribution is -2.41. The minimum absolute atomic E-state index is 0.0755. The largest absolute Gasteiger partial charge is 0.378 e. The Morgan fingerprint density at radius 3 is 2.73 bits per heavy atom. The van der Waals surface area contributed by atoms with Gasteiger partial charge in [-0.2, -0.15) is 0 Å². The van der Waals surface area contributed by atoms with E-state index >= 15 is 0 Å². The molecule has 22 heavy (non-hydrogen) atoms. The highest BCUT2D eigenvalue weighted by Gasteiger charge is 2.17. The highest BCUT2D eigenvalue weighted by Crippen LogP contribution is 2.18. The van der Waals surface area contributed by atoms with Crippen molar-refractivity contribution in [2.75, 3.05) is 43.1 Å². The van der Waals surface area contributed by atoms with E-state index in [1.54, 1.807) is 4.90 Å². The first kappa shape index (κ1) is 17.6. The Morgan fingerprint density at radius 1 is 1.32 bits per heavy atom. The van der Waals surface area contributed by atoms with Crippen LogP contribution in [0.25, 0.3) is 0 Å². The summed E-state index contributed by atoms with van der Waals surface area (Å²) in [5, 5.41) is 2.88. The summed E-state index contributed by atoms with van der Waals surface area (Å²) >= 11 is 3.58. The van der Waals surface area contributed by atoms with Crippen molar-refractivity contribution >= 4 is 51.9 Å². The lowest BCUT2D eigenvalue weighted by Gasteiger charge is -2.26. The van der Waals surface area contributed by atoms with Crippen molar-refractivity contribution in [1.82, 2.24) is 4.90 Å². The maximum atomic E-state index is 11.9. The molecular formula is C15H19IN2O3S. The molecule has 1 aliphatic rings. The van der Waals surface area contributed by atoms with Crippen LogP contribution in [0.2, 0.25) is 0 Å². The van der Waals surface area contributed by atoms with E-state index in [2.05, 4.69) is 27.9 Å². The number of hydrogen-bond acceptors (Lipinski definition) is 4. The second-order valence-electron chi connectivity index (χ2n) is 4.99. The Balaban J connectivity index is 1.72. The van der Waals surface area contributed by atoms with Gasteiger partial charge < -0.3 is 15.0 Å². The summed E-state index contributed by atoms with van der Waals surface area (Å²) in [6, 6.07) is 5.88. The first-order valence-electron chi connectivity index (χ1n) is 7.05. The molecule has 0 radical (unpaired) electrons. The van der Waals surface area contributed by atoms with E-state index in [-0.39, 0.29) is 17.6 Å². The van der Waals surface area contributed by atoms with E-state index < -0.39 is 0 Å². The third-order valence-electron chi connectivity index (χ3n) is 3.29. The monoisotopic (exact) mass is 434 g/mol. The van der Waals surface area contributed by atoms with Crippen molar-refractivity contribution in [1.29, 1.82) is 0 Å². The van der Waals surface area contributed by atoms with Crippen LogP contribution in [0.3, 0.4) is 0 Å². The Morgan fingerprint density at radius 2 is 2.05 bits per heavy atom. The van der Waals surface area contributed by atoms with Gasteiger partial charge in [-0.15, -0.1) is 11.8 Å². The third kappa shape index (κ3) is 5.44. The van der Waals surface area contributed by atoms with Crippen LogP contribution in [-0.2, 0) is 14.3 Å². The zero-order valence-electron chi connectivity index (χ0n) is 12.4. The topological polar surface area (TPSA) is 58.6 Å². The second kappa shape index (κ2) is 8.73. The van der Waals surface area contributed by atoms with Gasteiger partial charge in [0.15, 0.2) is 0 Å². The molecule has 1 heterocycles. The van der Waals surface area contributed by atoms with Crippen LogP contribution >= 0.6 is 34.4 Å². The molecule has 0 atom stereocenters. The van der Waals surface area contributed by atoms with Gasteiger partial charge in [-0.25, -0.2) is 0 Å². The number of carbonyl (C=O) groups is 2. The summed E-state index contributed by atoms with van der Waals surface area (Å²) in [5.74, 6) is 0.608. The van der Waals surface area contributed by atoms with Crippen LogP contribution < -0.4 is 5.32 Å². The molecule has 0 unspecified atom stereocenters. The van der Waals surface area contributed by atoms with Crippen molar-refractivity contribution in [3.05, 3.63) is 27.3 Å². The van der Waals surface area contributed by atoms with Gasteiger partial charge in [0.1, 0.15) is 0 Å². The number of hydrogen-bond donors (Lipinski definition) is 1. The van der Waals surface area contributed by atoms with Crippen molar-refractivity contribution in [2.24, 2.45) is 0 Å². The molecule has 2 amide bonds. The van der Waals surface area contributed by atoms with Gasteiger partial charge in [0.05, 0.1) is 24.7 Å². The van der Waals surface area contributed by atoms with Crippen LogP contribution in [0.4, 0.5) is 5.69 Å². The van der Waals surface area contributed by atoms with Crippen molar-refractivity contribution in [2.45, 2.75) is 6.92 Å². The molecule has 120 valence electrons. The fourth-order valence-corrected chi connectivity index (χ4v) is 3.45. The molecular weight excluding hydrogens is 415 g/mol. The molecule has 0 aliphatic carbocycles. The number of ether oxygens (including phenoxy) is 1. The zero-order chi connectivity index (χ0) is 15.9. The van der Waals surface area contributed by atoms with Crippen LogP contribution in [0.1, 0.15) is 5.56 Å². The average Bonchev–Trinajstić information content (AvgIpc) is 2.51. The summed E-state index contributed by atoms with van der Waals surface area (Å²) in [4.78, 5) is 25.7. The average molecular weight is 434 g/mol. The number of benzene rings is 1. The SMILES string of the molecule is Cc1cc(I)ccc1NC(=O)CSCC(=O)N1CCOCC1. The van der Waals surface area contributed by atoms with Crippen molar-refractivity contribution < 1.29 is 14.3 Å². The first-order chi connectivity index (χ1) is 10.6. The smallest absolute Gasteiger partial charge is 0.234 e. The van der Waals surface area contributed by atoms with Gasteiger partial charge in [-0.05, 0) is 53.3 Å². The van der Waals surface area contributed by atoms with Crippen LogP contribution in [0, 0.1) is 10.5 Å². The molecule has 1 N–H and O–H groups in total. The van der Waals surface area contributed by atoms with E-state index in [1.165, 1.54) is 11.8 Å². The fraction of sp³-hybridized carbons (Fsp3) is 0.467. The van der Waals surface area contributed by atoms with Crippen LogP contribution in [0.5, 0.6) is 0 Å². The number of nitrogens with one attached hydrogen (secondary N) is 1. The molecule has 7 heteroatoms. The number of morpholine rings is 1. The van der Waals surface area contributed by atoms with Gasteiger partial charge in [-0.3, -0.25) is 9.59 Å². The third-order valence-corrected chi connectivity index (χ3v) is 4.87. The number of amides is 2. The quantitative estimate of drug-likeness (QED) is 0.722. The number of rotatable bonds is 5. The lowest BCUT2D eigenvalue weighted by molar-refractivity contribution is -0.132. The maximum absolute atomic E-state index is 11.9. The summed E-state index contributed by atoms with van der Waals surface area (Å²) < 4.78 is 6.35. The molecule has 0 bridgehead atoms. The van der Waals surface area contributed by atoms with E-state index in [4.69, 9.17) is 4.74 Å².